The molecule has 0 aliphatic carbocycles. The van der Waals surface area contributed by atoms with E-state index in [0.29, 0.717) is 12.0 Å². The average molecular weight is 252 g/mol. The Balaban J connectivity index is 2.67. The second kappa shape index (κ2) is 4.56. The zero-order chi connectivity index (χ0) is 13.3. The second-order valence-electron chi connectivity index (χ2n) is 3.63. The maximum Gasteiger partial charge on any atom is 0.227 e. The number of hydrogen-bond acceptors (Lipinski definition) is 3. The average Bonchev–Trinajstić information content (AvgIpc) is 2.65. The molecule has 6 heteroatoms. The van der Waals surface area contributed by atoms with E-state index in [1.54, 1.807) is 6.92 Å². The molecule has 0 aliphatic rings. The third-order valence-corrected chi connectivity index (χ3v) is 2.51. The largest absolute Gasteiger partial charge is 0.480 e. The van der Waals surface area contributed by atoms with Gasteiger partial charge in [-0.05, 0) is 19.1 Å². The summed E-state index contributed by atoms with van der Waals surface area (Å²) in [5, 5.41) is 4.01. The van der Waals surface area contributed by atoms with Gasteiger partial charge in [0.2, 0.25) is 5.88 Å². The molecule has 94 valence electrons. The standard InChI is InChI=1S/C12H10F2N2O2/c1-7-9(6-17)12(18-2)16(15-7)11-4-3-8(13)5-10(11)14/h3-6H,1-2H3. The SMILES string of the molecule is COc1c(C=O)c(C)nn1-c1ccc(F)cc1F. The third-order valence-electron chi connectivity index (χ3n) is 2.51. The second-order valence-corrected chi connectivity index (χ2v) is 3.63. The fourth-order valence-corrected chi connectivity index (χ4v) is 1.67. The summed E-state index contributed by atoms with van der Waals surface area (Å²) in [4.78, 5) is 10.9. The number of carbonyl (C=O) groups is 1. The molecule has 0 unspecified atom stereocenters. The van der Waals surface area contributed by atoms with Crippen molar-refractivity contribution in [2.75, 3.05) is 7.11 Å². The van der Waals surface area contributed by atoms with E-state index >= 15 is 0 Å². The van der Waals surface area contributed by atoms with Gasteiger partial charge in [0.05, 0.1) is 18.4 Å². The molecule has 18 heavy (non-hydrogen) atoms. The summed E-state index contributed by atoms with van der Waals surface area (Å²) >= 11 is 0. The molecule has 0 radical (unpaired) electrons. The molecule has 0 atom stereocenters. The minimum Gasteiger partial charge on any atom is -0.480 e. The van der Waals surface area contributed by atoms with Crippen LogP contribution in [0.4, 0.5) is 8.78 Å². The lowest BCUT2D eigenvalue weighted by Gasteiger charge is -2.07. The van der Waals surface area contributed by atoms with Gasteiger partial charge in [-0.1, -0.05) is 0 Å². The highest BCUT2D eigenvalue weighted by Gasteiger charge is 2.18. The predicted octanol–water partition coefficient (Wildman–Crippen LogP) is 2.28. The van der Waals surface area contributed by atoms with E-state index < -0.39 is 11.6 Å². The molecule has 0 amide bonds. The quantitative estimate of drug-likeness (QED) is 0.787. The molecule has 2 rings (SSSR count). The molecule has 0 bridgehead atoms. The van der Waals surface area contributed by atoms with E-state index in [2.05, 4.69) is 5.10 Å². The van der Waals surface area contributed by atoms with Crippen molar-refractivity contribution in [3.05, 3.63) is 41.1 Å². The van der Waals surface area contributed by atoms with Gasteiger partial charge in [-0.15, -0.1) is 0 Å². The van der Waals surface area contributed by atoms with Gasteiger partial charge in [-0.25, -0.2) is 8.78 Å². The van der Waals surface area contributed by atoms with Crippen molar-refractivity contribution in [3.63, 3.8) is 0 Å². The van der Waals surface area contributed by atoms with Crippen LogP contribution in [-0.2, 0) is 0 Å². The van der Waals surface area contributed by atoms with Gasteiger partial charge in [-0.3, -0.25) is 4.79 Å². The number of ether oxygens (including phenoxy) is 1. The third kappa shape index (κ3) is 1.85. The Morgan fingerprint density at radius 2 is 2.11 bits per heavy atom. The van der Waals surface area contributed by atoms with Crippen molar-refractivity contribution in [3.8, 4) is 11.6 Å². The lowest BCUT2D eigenvalue weighted by atomic mass is 10.2. The van der Waals surface area contributed by atoms with Crippen molar-refractivity contribution in [2.45, 2.75) is 6.92 Å². The van der Waals surface area contributed by atoms with Crippen molar-refractivity contribution in [1.82, 2.24) is 9.78 Å². The molecule has 1 heterocycles. The molecule has 0 aliphatic heterocycles. The van der Waals surface area contributed by atoms with Gasteiger partial charge in [0.1, 0.15) is 11.5 Å². The Morgan fingerprint density at radius 3 is 2.67 bits per heavy atom. The number of rotatable bonds is 3. The summed E-state index contributed by atoms with van der Waals surface area (Å²) < 4.78 is 32.7. The summed E-state index contributed by atoms with van der Waals surface area (Å²) in [6.07, 6.45) is 0.582. The number of aryl methyl sites for hydroxylation is 1. The molecule has 0 N–H and O–H groups in total. The summed E-state index contributed by atoms with van der Waals surface area (Å²) in [5.41, 5.74) is 0.663. The van der Waals surface area contributed by atoms with Gasteiger partial charge in [0.15, 0.2) is 12.1 Å². The van der Waals surface area contributed by atoms with Crippen LogP contribution in [0.3, 0.4) is 0 Å². The van der Waals surface area contributed by atoms with E-state index in [1.165, 1.54) is 13.2 Å². The lowest BCUT2D eigenvalue weighted by Crippen LogP contribution is -2.03. The highest BCUT2D eigenvalue weighted by atomic mass is 19.1. The first-order valence-electron chi connectivity index (χ1n) is 5.12. The number of nitrogens with zero attached hydrogens (tertiary/aromatic N) is 2. The highest BCUT2D eigenvalue weighted by molar-refractivity contribution is 5.80. The first-order valence-corrected chi connectivity index (χ1v) is 5.12. The van der Waals surface area contributed by atoms with E-state index in [1.807, 2.05) is 0 Å². The van der Waals surface area contributed by atoms with Crippen LogP contribution >= 0.6 is 0 Å². The minimum atomic E-state index is -0.784. The van der Waals surface area contributed by atoms with E-state index in [9.17, 15) is 13.6 Å². The summed E-state index contributed by atoms with van der Waals surface area (Å²) in [6.45, 7) is 1.60. The minimum absolute atomic E-state index is 0.0180. The highest BCUT2D eigenvalue weighted by Crippen LogP contribution is 2.25. The monoisotopic (exact) mass is 252 g/mol. The maximum atomic E-state index is 13.7. The van der Waals surface area contributed by atoms with Crippen molar-refractivity contribution >= 4 is 6.29 Å². The number of benzene rings is 1. The van der Waals surface area contributed by atoms with E-state index in [4.69, 9.17) is 4.74 Å². The molecular weight excluding hydrogens is 242 g/mol. The first kappa shape index (κ1) is 12.2. The summed E-state index contributed by atoms with van der Waals surface area (Å²) in [7, 11) is 1.35. The number of carbonyl (C=O) groups excluding carboxylic acids is 1. The molecule has 0 spiro atoms. The van der Waals surface area contributed by atoms with Crippen LogP contribution in [0.1, 0.15) is 16.1 Å². The van der Waals surface area contributed by atoms with E-state index in [-0.39, 0.29) is 17.1 Å². The topological polar surface area (TPSA) is 44.1 Å². The molecule has 0 saturated carbocycles. The van der Waals surface area contributed by atoms with Crippen LogP contribution in [0.15, 0.2) is 18.2 Å². The summed E-state index contributed by atoms with van der Waals surface area (Å²) in [6, 6.07) is 3.08. The Kier molecular flexibility index (Phi) is 3.10. The number of halogens is 2. The van der Waals surface area contributed by atoms with Crippen LogP contribution in [0, 0.1) is 18.6 Å². The zero-order valence-electron chi connectivity index (χ0n) is 9.78. The maximum absolute atomic E-state index is 13.7. The van der Waals surface area contributed by atoms with Crippen LogP contribution in [0.5, 0.6) is 5.88 Å². The fourth-order valence-electron chi connectivity index (χ4n) is 1.67. The Labute approximate surface area is 102 Å². The Bertz CT molecular complexity index is 608. The van der Waals surface area contributed by atoms with Gasteiger partial charge < -0.3 is 4.74 Å². The molecule has 1 aromatic heterocycles. The Hall–Kier alpha value is -2.24. The number of aldehydes is 1. The fraction of sp³-hybridized carbons (Fsp3) is 0.167. The molecule has 0 saturated heterocycles. The van der Waals surface area contributed by atoms with Crippen LogP contribution in [0.2, 0.25) is 0 Å². The Morgan fingerprint density at radius 1 is 1.39 bits per heavy atom. The summed E-state index contributed by atoms with van der Waals surface area (Å²) in [5.74, 6) is -1.35. The van der Waals surface area contributed by atoms with Gasteiger partial charge >= 0.3 is 0 Å². The lowest BCUT2D eigenvalue weighted by molar-refractivity contribution is 0.112. The molecular formula is C12H10F2N2O2. The smallest absolute Gasteiger partial charge is 0.227 e. The number of aromatic nitrogens is 2. The molecule has 4 nitrogen and oxygen atoms in total. The van der Waals surface area contributed by atoms with Gasteiger partial charge in [0.25, 0.3) is 0 Å². The van der Waals surface area contributed by atoms with Crippen LogP contribution in [-0.4, -0.2) is 23.2 Å². The van der Waals surface area contributed by atoms with Gasteiger partial charge in [0, 0.05) is 6.07 Å². The zero-order valence-corrected chi connectivity index (χ0v) is 9.78. The molecule has 1 aromatic carbocycles. The number of hydrogen-bond donors (Lipinski definition) is 0. The molecule has 2 aromatic rings. The van der Waals surface area contributed by atoms with E-state index in [0.717, 1.165) is 16.8 Å². The number of methoxy groups -OCH3 is 1. The van der Waals surface area contributed by atoms with Crippen molar-refractivity contribution in [1.29, 1.82) is 0 Å². The van der Waals surface area contributed by atoms with Gasteiger partial charge in [-0.2, -0.15) is 9.78 Å². The normalized spacial score (nSPS) is 10.4. The molecule has 0 fully saturated rings. The predicted molar refractivity (Wildman–Crippen MR) is 60.2 cm³/mol. The van der Waals surface area contributed by atoms with Crippen molar-refractivity contribution in [2.24, 2.45) is 0 Å². The van der Waals surface area contributed by atoms with Crippen LogP contribution < -0.4 is 4.74 Å². The van der Waals surface area contributed by atoms with Crippen molar-refractivity contribution < 1.29 is 18.3 Å². The van der Waals surface area contributed by atoms with Crippen LogP contribution in [0.25, 0.3) is 5.69 Å². The first-order chi connectivity index (χ1) is 8.58.